The zero-order chi connectivity index (χ0) is 14.7. The van der Waals surface area contributed by atoms with Gasteiger partial charge in [0.1, 0.15) is 12.0 Å². The van der Waals surface area contributed by atoms with Crippen LogP contribution in [0.4, 0.5) is 0 Å². The first-order valence-corrected chi connectivity index (χ1v) is 6.46. The van der Waals surface area contributed by atoms with E-state index < -0.39 is 5.97 Å². The van der Waals surface area contributed by atoms with Gasteiger partial charge in [-0.15, -0.1) is 0 Å². The Morgan fingerprint density at radius 1 is 1.35 bits per heavy atom. The first kappa shape index (κ1) is 14.4. The number of benzene rings is 1. The molecule has 0 saturated heterocycles. The third kappa shape index (κ3) is 3.11. The van der Waals surface area contributed by atoms with Crippen molar-refractivity contribution in [2.75, 3.05) is 6.61 Å². The highest BCUT2D eigenvalue weighted by molar-refractivity contribution is 6.32. The Morgan fingerprint density at radius 3 is 2.60 bits per heavy atom. The smallest absolute Gasteiger partial charge is 0.399 e. The van der Waals surface area contributed by atoms with Crippen LogP contribution in [0.5, 0.6) is 11.8 Å². The molecular weight excluding hydrogens is 282 g/mol. The summed E-state index contributed by atoms with van der Waals surface area (Å²) in [7, 11) is 0. The van der Waals surface area contributed by atoms with Crippen molar-refractivity contribution < 1.29 is 18.7 Å². The SMILES string of the molecule is CCOC(=O)c1coc(Oc2cc(C)c(Cl)c(C)c2)n1. The number of ether oxygens (including phenoxy) is 2. The van der Waals surface area contributed by atoms with Gasteiger partial charge >= 0.3 is 12.0 Å². The van der Waals surface area contributed by atoms with Gasteiger partial charge in [0, 0.05) is 5.02 Å². The van der Waals surface area contributed by atoms with Crippen LogP contribution in [0.25, 0.3) is 0 Å². The second kappa shape index (κ2) is 5.96. The number of halogens is 1. The number of oxazole rings is 1. The predicted octanol–water partition coefficient (Wildman–Crippen LogP) is 3.91. The fourth-order valence-electron chi connectivity index (χ4n) is 1.67. The van der Waals surface area contributed by atoms with Gasteiger partial charge in [-0.3, -0.25) is 0 Å². The van der Waals surface area contributed by atoms with E-state index in [1.165, 1.54) is 6.26 Å². The zero-order valence-corrected chi connectivity index (χ0v) is 12.2. The highest BCUT2D eigenvalue weighted by Gasteiger charge is 2.15. The van der Waals surface area contributed by atoms with Gasteiger partial charge in [0.15, 0.2) is 5.69 Å². The Balaban J connectivity index is 2.17. The molecule has 1 aromatic carbocycles. The lowest BCUT2D eigenvalue weighted by molar-refractivity contribution is 0.0519. The first-order chi connectivity index (χ1) is 9.51. The van der Waals surface area contributed by atoms with Crippen molar-refractivity contribution in [3.05, 3.63) is 40.2 Å². The summed E-state index contributed by atoms with van der Waals surface area (Å²) in [6, 6.07) is 3.53. The van der Waals surface area contributed by atoms with Crippen molar-refractivity contribution in [1.82, 2.24) is 4.98 Å². The molecule has 6 heteroatoms. The van der Waals surface area contributed by atoms with Crippen LogP contribution in [-0.2, 0) is 4.74 Å². The van der Waals surface area contributed by atoms with Crippen LogP contribution in [0.15, 0.2) is 22.8 Å². The quantitative estimate of drug-likeness (QED) is 0.800. The maximum atomic E-state index is 11.4. The summed E-state index contributed by atoms with van der Waals surface area (Å²) in [6.07, 6.45) is 1.18. The van der Waals surface area contributed by atoms with Gasteiger partial charge in [0.2, 0.25) is 0 Å². The molecule has 0 aliphatic carbocycles. The van der Waals surface area contributed by atoms with Gasteiger partial charge < -0.3 is 13.9 Å². The van der Waals surface area contributed by atoms with E-state index in [-0.39, 0.29) is 18.4 Å². The van der Waals surface area contributed by atoms with Crippen molar-refractivity contribution in [1.29, 1.82) is 0 Å². The van der Waals surface area contributed by atoms with Crippen molar-refractivity contribution in [2.24, 2.45) is 0 Å². The van der Waals surface area contributed by atoms with Gasteiger partial charge in [-0.05, 0) is 44.0 Å². The van der Waals surface area contributed by atoms with Crippen molar-refractivity contribution in [2.45, 2.75) is 20.8 Å². The van der Waals surface area contributed by atoms with Gasteiger partial charge in [0.25, 0.3) is 0 Å². The Kier molecular flexibility index (Phi) is 4.29. The normalized spacial score (nSPS) is 10.4. The van der Waals surface area contributed by atoms with Gasteiger partial charge in [-0.2, -0.15) is 4.98 Å². The van der Waals surface area contributed by atoms with Crippen LogP contribution in [-0.4, -0.2) is 17.6 Å². The predicted molar refractivity (Wildman–Crippen MR) is 73.5 cm³/mol. The number of carbonyl (C=O) groups is 1. The van der Waals surface area contributed by atoms with Crippen LogP contribution >= 0.6 is 11.6 Å². The molecule has 0 spiro atoms. The van der Waals surface area contributed by atoms with Crippen LogP contribution < -0.4 is 4.74 Å². The molecule has 1 aromatic heterocycles. The minimum Gasteiger partial charge on any atom is -0.461 e. The molecule has 0 aliphatic heterocycles. The summed E-state index contributed by atoms with van der Waals surface area (Å²) >= 11 is 6.08. The maximum Gasteiger partial charge on any atom is 0.399 e. The monoisotopic (exact) mass is 295 g/mol. The van der Waals surface area contributed by atoms with Crippen molar-refractivity contribution >= 4 is 17.6 Å². The topological polar surface area (TPSA) is 61.6 Å². The minimum absolute atomic E-state index is 0.0193. The van der Waals surface area contributed by atoms with Crippen LogP contribution in [0.1, 0.15) is 28.5 Å². The molecule has 106 valence electrons. The lowest BCUT2D eigenvalue weighted by atomic mass is 10.1. The molecule has 0 radical (unpaired) electrons. The number of aryl methyl sites for hydroxylation is 2. The molecule has 0 unspecified atom stereocenters. The van der Waals surface area contributed by atoms with E-state index in [0.717, 1.165) is 11.1 Å². The number of nitrogens with zero attached hydrogens (tertiary/aromatic N) is 1. The van der Waals surface area contributed by atoms with Crippen LogP contribution in [0.3, 0.4) is 0 Å². The average molecular weight is 296 g/mol. The van der Waals surface area contributed by atoms with Crippen molar-refractivity contribution in [3.63, 3.8) is 0 Å². The molecule has 20 heavy (non-hydrogen) atoms. The molecule has 0 saturated carbocycles. The van der Waals surface area contributed by atoms with Crippen LogP contribution in [0.2, 0.25) is 5.02 Å². The number of esters is 1. The highest BCUT2D eigenvalue weighted by Crippen LogP contribution is 2.28. The Labute approximate surface area is 121 Å². The minimum atomic E-state index is -0.547. The van der Waals surface area contributed by atoms with E-state index in [1.807, 2.05) is 13.8 Å². The molecular formula is C14H14ClNO4. The summed E-state index contributed by atoms with van der Waals surface area (Å²) in [4.78, 5) is 15.4. The molecule has 0 amide bonds. The number of hydrogen-bond acceptors (Lipinski definition) is 5. The van der Waals surface area contributed by atoms with E-state index in [2.05, 4.69) is 4.98 Å². The third-order valence-electron chi connectivity index (χ3n) is 2.58. The maximum absolute atomic E-state index is 11.4. The number of aromatic nitrogens is 1. The summed E-state index contributed by atoms with van der Waals surface area (Å²) in [5.41, 5.74) is 1.85. The fourth-order valence-corrected chi connectivity index (χ4v) is 1.78. The molecule has 1 heterocycles. The van der Waals surface area contributed by atoms with Gasteiger partial charge in [0.05, 0.1) is 6.61 Å². The van der Waals surface area contributed by atoms with Gasteiger partial charge in [-0.1, -0.05) is 11.6 Å². The Bertz CT molecular complexity index is 613. The second-order valence-corrected chi connectivity index (χ2v) is 4.57. The van der Waals surface area contributed by atoms with Crippen molar-refractivity contribution in [3.8, 4) is 11.8 Å². The van der Waals surface area contributed by atoms with E-state index in [0.29, 0.717) is 10.8 Å². The average Bonchev–Trinajstić information content (AvgIpc) is 2.85. The lowest BCUT2D eigenvalue weighted by Gasteiger charge is -2.06. The summed E-state index contributed by atoms with van der Waals surface area (Å²) in [5, 5.41) is 0.692. The summed E-state index contributed by atoms with van der Waals surface area (Å²) in [5.74, 6) is -0.00349. The molecule has 2 rings (SSSR count). The second-order valence-electron chi connectivity index (χ2n) is 4.19. The fraction of sp³-hybridized carbons (Fsp3) is 0.286. The number of rotatable bonds is 4. The molecule has 2 aromatic rings. The van der Waals surface area contributed by atoms with E-state index >= 15 is 0 Å². The zero-order valence-electron chi connectivity index (χ0n) is 11.4. The Hall–Kier alpha value is -2.01. The molecule has 0 atom stereocenters. The lowest BCUT2D eigenvalue weighted by Crippen LogP contribution is -2.04. The number of hydrogen-bond donors (Lipinski definition) is 0. The molecule has 0 bridgehead atoms. The standard InChI is InChI=1S/C14H14ClNO4/c1-4-18-13(17)11-7-19-14(16-11)20-10-5-8(2)12(15)9(3)6-10/h5-7H,4H2,1-3H3. The number of carbonyl (C=O) groups excluding carboxylic acids is 1. The van der Waals surface area contributed by atoms with Crippen LogP contribution in [0, 0.1) is 13.8 Å². The third-order valence-corrected chi connectivity index (χ3v) is 3.18. The van der Waals surface area contributed by atoms with E-state index in [9.17, 15) is 4.79 Å². The Morgan fingerprint density at radius 2 is 2.00 bits per heavy atom. The van der Waals surface area contributed by atoms with E-state index in [4.69, 9.17) is 25.5 Å². The van der Waals surface area contributed by atoms with Gasteiger partial charge in [-0.25, -0.2) is 4.79 Å². The molecule has 0 aliphatic rings. The molecule has 5 nitrogen and oxygen atoms in total. The molecule has 0 fully saturated rings. The highest BCUT2D eigenvalue weighted by atomic mass is 35.5. The largest absolute Gasteiger partial charge is 0.461 e. The molecule has 0 N–H and O–H groups in total. The first-order valence-electron chi connectivity index (χ1n) is 6.08. The summed E-state index contributed by atoms with van der Waals surface area (Å²) < 4.78 is 15.3. The van der Waals surface area contributed by atoms with E-state index in [1.54, 1.807) is 19.1 Å². The summed E-state index contributed by atoms with van der Waals surface area (Å²) in [6.45, 7) is 5.75.